The Kier molecular flexibility index (Phi) is 10.5. The maximum absolute atomic E-state index is 11.7. The Morgan fingerprint density at radius 1 is 1.30 bits per heavy atom. The quantitative estimate of drug-likeness (QED) is 0.411. The molecule has 8 heteroatoms. The van der Waals surface area contributed by atoms with Crippen molar-refractivity contribution in [3.8, 4) is 0 Å². The minimum atomic E-state index is -0.789. The van der Waals surface area contributed by atoms with Gasteiger partial charge in [-0.25, -0.2) is 4.98 Å². The molecule has 0 spiro atoms. The number of nitrogens with two attached hydrogens (primary N) is 1. The fourth-order valence-corrected chi connectivity index (χ4v) is 3.40. The molecule has 1 aromatic rings. The third-order valence-electron chi connectivity index (χ3n) is 2.86. The molecular weight excluding hydrogens is 332 g/mol. The smallest absolute Gasteiger partial charge is 0.237 e. The number of unbranched alkanes of at least 4 members (excludes halogenated alkanes) is 1. The van der Waals surface area contributed by atoms with E-state index in [1.807, 2.05) is 25.1 Å². The normalized spacial score (nSPS) is 11.7. The van der Waals surface area contributed by atoms with Crippen molar-refractivity contribution in [2.24, 2.45) is 5.73 Å². The number of amides is 2. The Morgan fingerprint density at radius 2 is 2.13 bits per heavy atom. The van der Waals surface area contributed by atoms with Gasteiger partial charge < -0.3 is 16.4 Å². The maximum atomic E-state index is 11.7. The van der Waals surface area contributed by atoms with Crippen LogP contribution in [0.4, 0.5) is 0 Å². The van der Waals surface area contributed by atoms with Gasteiger partial charge in [-0.3, -0.25) is 9.59 Å². The molecule has 2 amide bonds. The molecule has 1 aromatic heterocycles. The van der Waals surface area contributed by atoms with Gasteiger partial charge in [0.05, 0.1) is 12.5 Å². The van der Waals surface area contributed by atoms with Crippen LogP contribution in [-0.4, -0.2) is 41.7 Å². The molecule has 1 rings (SSSR count). The Morgan fingerprint density at radius 3 is 2.83 bits per heavy atom. The van der Waals surface area contributed by atoms with Crippen LogP contribution in [-0.2, 0) is 9.59 Å². The number of aromatic nitrogens is 1. The minimum Gasteiger partial charge on any atom is -0.355 e. The predicted molar refractivity (Wildman–Crippen MR) is 96.1 cm³/mol. The number of nitrogens with one attached hydrogen (secondary N) is 2. The molecule has 0 fully saturated rings. The molecule has 0 bridgehead atoms. The predicted octanol–water partition coefficient (Wildman–Crippen LogP) is 1.57. The van der Waals surface area contributed by atoms with Gasteiger partial charge in [-0.05, 0) is 29.3 Å². The number of hydrogen-bond donors (Lipinski definition) is 3. The van der Waals surface area contributed by atoms with Crippen molar-refractivity contribution in [2.45, 2.75) is 37.3 Å². The Labute approximate surface area is 145 Å². The van der Waals surface area contributed by atoms with Gasteiger partial charge in [0.2, 0.25) is 11.8 Å². The third kappa shape index (κ3) is 9.47. The molecule has 0 aromatic carbocycles. The number of rotatable bonds is 11. The molecule has 128 valence electrons. The van der Waals surface area contributed by atoms with Gasteiger partial charge >= 0.3 is 0 Å². The van der Waals surface area contributed by atoms with E-state index in [0.717, 1.165) is 23.6 Å². The molecule has 0 radical (unpaired) electrons. The maximum Gasteiger partial charge on any atom is 0.237 e. The van der Waals surface area contributed by atoms with E-state index in [-0.39, 0.29) is 18.2 Å². The number of pyridine rings is 1. The van der Waals surface area contributed by atoms with E-state index in [1.54, 1.807) is 27.8 Å². The van der Waals surface area contributed by atoms with E-state index in [4.69, 9.17) is 5.73 Å². The number of nitrogens with zero attached hydrogens (tertiary/aromatic N) is 1. The first-order valence-corrected chi connectivity index (χ1v) is 9.96. The molecule has 0 aliphatic carbocycles. The van der Waals surface area contributed by atoms with Gasteiger partial charge in [-0.2, -0.15) is 0 Å². The summed E-state index contributed by atoms with van der Waals surface area (Å²) in [5, 5.41) is 6.43. The number of hydrogen-bond acceptors (Lipinski definition) is 6. The lowest BCUT2D eigenvalue weighted by atomic mass is 10.2. The standard InChI is InChI=1S/C15H24N4O2S2/c1-2-3-7-19-15(21)12(16)11-13(20)17-9-10-22-23-14-6-4-5-8-18-14/h4-6,8,12H,2-3,7,9-11,16H2,1H3,(H,17,20)(H,19,21). The summed E-state index contributed by atoms with van der Waals surface area (Å²) in [6.45, 7) is 3.18. The fraction of sp³-hybridized carbons (Fsp3) is 0.533. The minimum absolute atomic E-state index is 0.00993. The molecule has 0 aliphatic heterocycles. The second kappa shape index (κ2) is 12.2. The van der Waals surface area contributed by atoms with Crippen molar-refractivity contribution in [2.75, 3.05) is 18.8 Å². The highest BCUT2D eigenvalue weighted by molar-refractivity contribution is 8.76. The first-order chi connectivity index (χ1) is 11.1. The lowest BCUT2D eigenvalue weighted by Gasteiger charge is -2.12. The molecule has 1 heterocycles. The summed E-state index contributed by atoms with van der Waals surface area (Å²) in [6.07, 6.45) is 3.67. The van der Waals surface area contributed by atoms with Crippen LogP contribution in [0.15, 0.2) is 29.4 Å². The summed E-state index contributed by atoms with van der Waals surface area (Å²) >= 11 is 0. The zero-order chi connectivity index (χ0) is 16.9. The van der Waals surface area contributed by atoms with Gasteiger partial charge in [0.25, 0.3) is 0 Å². The van der Waals surface area contributed by atoms with E-state index in [1.165, 1.54) is 0 Å². The van der Waals surface area contributed by atoms with Gasteiger partial charge in [0.15, 0.2) is 0 Å². The van der Waals surface area contributed by atoms with E-state index in [0.29, 0.717) is 13.1 Å². The summed E-state index contributed by atoms with van der Waals surface area (Å²) in [5.74, 6) is 0.283. The van der Waals surface area contributed by atoms with Gasteiger partial charge in [0.1, 0.15) is 5.03 Å². The van der Waals surface area contributed by atoms with Crippen molar-refractivity contribution >= 4 is 33.4 Å². The van der Waals surface area contributed by atoms with Crippen LogP contribution in [0.2, 0.25) is 0 Å². The largest absolute Gasteiger partial charge is 0.355 e. The second-order valence-corrected chi connectivity index (χ2v) is 7.31. The highest BCUT2D eigenvalue weighted by Crippen LogP contribution is 2.28. The van der Waals surface area contributed by atoms with Crippen LogP contribution in [0.1, 0.15) is 26.2 Å². The Hall–Kier alpha value is -1.25. The SMILES string of the molecule is CCCCNC(=O)C(N)CC(=O)NCCSSc1ccccn1. The van der Waals surface area contributed by atoms with E-state index in [2.05, 4.69) is 15.6 Å². The Bertz CT molecular complexity index is 474. The first-order valence-electron chi connectivity index (χ1n) is 7.64. The van der Waals surface area contributed by atoms with Crippen LogP contribution in [0.25, 0.3) is 0 Å². The van der Waals surface area contributed by atoms with Crippen molar-refractivity contribution in [3.05, 3.63) is 24.4 Å². The van der Waals surface area contributed by atoms with Crippen molar-refractivity contribution in [1.82, 2.24) is 15.6 Å². The van der Waals surface area contributed by atoms with Crippen LogP contribution in [0.3, 0.4) is 0 Å². The third-order valence-corrected chi connectivity index (χ3v) is 5.13. The lowest BCUT2D eigenvalue weighted by molar-refractivity contribution is -0.127. The van der Waals surface area contributed by atoms with Crippen LogP contribution in [0, 0.1) is 0 Å². The second-order valence-electron chi connectivity index (χ2n) is 4.88. The summed E-state index contributed by atoms with van der Waals surface area (Å²) in [5.41, 5.74) is 5.72. The molecule has 23 heavy (non-hydrogen) atoms. The van der Waals surface area contributed by atoms with E-state index >= 15 is 0 Å². The zero-order valence-corrected chi connectivity index (χ0v) is 14.9. The topological polar surface area (TPSA) is 97.1 Å². The molecule has 1 unspecified atom stereocenters. The molecule has 0 saturated heterocycles. The van der Waals surface area contributed by atoms with Gasteiger partial charge in [0, 0.05) is 25.0 Å². The Balaban J connectivity index is 2.08. The first kappa shape index (κ1) is 19.8. The number of carbonyl (C=O) groups excluding carboxylic acids is 2. The van der Waals surface area contributed by atoms with Crippen LogP contribution < -0.4 is 16.4 Å². The lowest BCUT2D eigenvalue weighted by Crippen LogP contribution is -2.44. The van der Waals surface area contributed by atoms with Crippen molar-refractivity contribution in [3.63, 3.8) is 0 Å². The summed E-state index contributed by atoms with van der Waals surface area (Å²) in [7, 11) is 3.18. The summed E-state index contributed by atoms with van der Waals surface area (Å²) in [6, 6.07) is 4.95. The van der Waals surface area contributed by atoms with Crippen LogP contribution >= 0.6 is 21.6 Å². The number of carbonyl (C=O) groups is 2. The molecule has 0 aliphatic rings. The fourth-order valence-electron chi connectivity index (χ4n) is 1.61. The molecule has 6 nitrogen and oxygen atoms in total. The van der Waals surface area contributed by atoms with Gasteiger partial charge in [-0.1, -0.05) is 30.2 Å². The molecule has 0 saturated carbocycles. The van der Waals surface area contributed by atoms with E-state index in [9.17, 15) is 9.59 Å². The average molecular weight is 357 g/mol. The monoisotopic (exact) mass is 356 g/mol. The van der Waals surface area contributed by atoms with Crippen molar-refractivity contribution < 1.29 is 9.59 Å². The summed E-state index contributed by atoms with van der Waals surface area (Å²) < 4.78 is 0. The zero-order valence-electron chi connectivity index (χ0n) is 13.3. The molecule has 4 N–H and O–H groups in total. The van der Waals surface area contributed by atoms with E-state index < -0.39 is 6.04 Å². The average Bonchev–Trinajstić information content (AvgIpc) is 2.55. The summed E-state index contributed by atoms with van der Waals surface area (Å²) in [4.78, 5) is 27.6. The highest BCUT2D eigenvalue weighted by atomic mass is 33.1. The molecule has 1 atom stereocenters. The highest BCUT2D eigenvalue weighted by Gasteiger charge is 2.16. The van der Waals surface area contributed by atoms with Gasteiger partial charge in [-0.15, -0.1) is 0 Å². The van der Waals surface area contributed by atoms with Crippen molar-refractivity contribution in [1.29, 1.82) is 0 Å². The van der Waals surface area contributed by atoms with Crippen LogP contribution in [0.5, 0.6) is 0 Å². The molecular formula is C15H24N4O2S2.